The zero-order chi connectivity index (χ0) is 13.4. The number of rotatable bonds is 5. The van der Waals surface area contributed by atoms with Crippen molar-refractivity contribution in [3.63, 3.8) is 0 Å². The fourth-order valence-electron chi connectivity index (χ4n) is 2.17. The molecule has 1 heterocycles. The summed E-state index contributed by atoms with van der Waals surface area (Å²) in [5, 5.41) is 0. The van der Waals surface area contributed by atoms with Gasteiger partial charge >= 0.3 is 0 Å². The SMILES string of the molecule is C=CC(C)=CC(/C=C\CC)C(=O)N1CCCCC1. The highest BCUT2D eigenvalue weighted by molar-refractivity contribution is 5.82. The Morgan fingerprint density at radius 2 is 2.00 bits per heavy atom. The molecule has 1 saturated heterocycles. The van der Waals surface area contributed by atoms with E-state index in [4.69, 9.17) is 0 Å². The number of carbonyl (C=O) groups is 1. The topological polar surface area (TPSA) is 20.3 Å². The molecule has 100 valence electrons. The number of piperidine rings is 1. The molecule has 1 aliphatic rings. The fourth-order valence-corrected chi connectivity index (χ4v) is 2.17. The van der Waals surface area contributed by atoms with Crippen LogP contribution in [0.2, 0.25) is 0 Å². The van der Waals surface area contributed by atoms with E-state index in [9.17, 15) is 4.79 Å². The van der Waals surface area contributed by atoms with E-state index in [1.165, 1.54) is 6.42 Å². The lowest BCUT2D eigenvalue weighted by Crippen LogP contribution is -2.38. The Morgan fingerprint density at radius 1 is 1.33 bits per heavy atom. The van der Waals surface area contributed by atoms with Gasteiger partial charge in [0.25, 0.3) is 0 Å². The zero-order valence-electron chi connectivity index (χ0n) is 11.7. The molecule has 0 saturated carbocycles. The minimum atomic E-state index is -0.124. The maximum atomic E-state index is 12.5. The van der Waals surface area contributed by atoms with Crippen LogP contribution in [0.25, 0.3) is 0 Å². The molecule has 0 aromatic carbocycles. The normalized spacial score (nSPS) is 19.0. The van der Waals surface area contributed by atoms with Crippen molar-refractivity contribution in [1.82, 2.24) is 4.90 Å². The Morgan fingerprint density at radius 3 is 2.56 bits per heavy atom. The second-order valence-corrected chi connectivity index (χ2v) is 4.86. The standard InChI is InChI=1S/C16H25NO/c1-4-6-10-15(13-14(3)5-2)16(18)17-11-8-7-9-12-17/h5-6,10,13,15H,2,4,7-9,11-12H2,1,3H3/b10-6-,14-13?. The summed E-state index contributed by atoms with van der Waals surface area (Å²) in [6, 6.07) is 0. The van der Waals surface area contributed by atoms with Gasteiger partial charge in [-0.2, -0.15) is 0 Å². The minimum absolute atomic E-state index is 0.124. The van der Waals surface area contributed by atoms with Crippen molar-refractivity contribution in [3.8, 4) is 0 Å². The van der Waals surface area contributed by atoms with Gasteiger partial charge in [-0.25, -0.2) is 0 Å². The highest BCUT2D eigenvalue weighted by Crippen LogP contribution is 2.16. The van der Waals surface area contributed by atoms with Crippen molar-refractivity contribution in [3.05, 3.63) is 36.5 Å². The fraction of sp³-hybridized carbons (Fsp3) is 0.562. The lowest BCUT2D eigenvalue weighted by molar-refractivity contribution is -0.133. The van der Waals surface area contributed by atoms with E-state index in [1.807, 2.05) is 24.0 Å². The monoisotopic (exact) mass is 247 g/mol. The van der Waals surface area contributed by atoms with Crippen LogP contribution in [0.15, 0.2) is 36.5 Å². The number of amides is 1. The van der Waals surface area contributed by atoms with Crippen molar-refractivity contribution in [2.75, 3.05) is 13.1 Å². The Balaban J connectivity index is 2.77. The molecule has 0 aromatic rings. The summed E-state index contributed by atoms with van der Waals surface area (Å²) in [6.07, 6.45) is 12.4. The first-order chi connectivity index (χ1) is 8.69. The van der Waals surface area contributed by atoms with E-state index in [-0.39, 0.29) is 11.8 Å². The van der Waals surface area contributed by atoms with Gasteiger partial charge in [-0.15, -0.1) is 0 Å². The summed E-state index contributed by atoms with van der Waals surface area (Å²) in [4.78, 5) is 14.5. The van der Waals surface area contributed by atoms with Gasteiger partial charge < -0.3 is 4.90 Å². The van der Waals surface area contributed by atoms with Crippen LogP contribution >= 0.6 is 0 Å². The Kier molecular flexibility index (Phi) is 6.48. The molecule has 0 N–H and O–H groups in total. The molecule has 0 bridgehead atoms. The predicted octanol–water partition coefficient (Wildman–Crippen LogP) is 3.71. The van der Waals surface area contributed by atoms with Crippen molar-refractivity contribution >= 4 is 5.91 Å². The summed E-state index contributed by atoms with van der Waals surface area (Å²) >= 11 is 0. The molecule has 18 heavy (non-hydrogen) atoms. The summed E-state index contributed by atoms with van der Waals surface area (Å²) in [7, 11) is 0. The zero-order valence-corrected chi connectivity index (χ0v) is 11.7. The first-order valence-electron chi connectivity index (χ1n) is 6.95. The Labute approximate surface area is 111 Å². The lowest BCUT2D eigenvalue weighted by Gasteiger charge is -2.28. The van der Waals surface area contributed by atoms with Crippen LogP contribution in [0.1, 0.15) is 39.5 Å². The average molecular weight is 247 g/mol. The molecule has 1 unspecified atom stereocenters. The van der Waals surface area contributed by atoms with Crippen LogP contribution in [0.5, 0.6) is 0 Å². The van der Waals surface area contributed by atoms with Gasteiger partial charge in [0.1, 0.15) is 0 Å². The number of likely N-dealkylation sites (tertiary alicyclic amines) is 1. The van der Waals surface area contributed by atoms with E-state index >= 15 is 0 Å². The van der Waals surface area contributed by atoms with Gasteiger partial charge in [-0.05, 0) is 32.6 Å². The van der Waals surface area contributed by atoms with E-state index in [2.05, 4.69) is 19.6 Å². The van der Waals surface area contributed by atoms with Crippen molar-refractivity contribution in [2.24, 2.45) is 5.92 Å². The molecular formula is C16H25NO. The largest absolute Gasteiger partial charge is 0.342 e. The Hall–Kier alpha value is -1.31. The maximum Gasteiger partial charge on any atom is 0.233 e. The molecule has 0 radical (unpaired) electrons. The van der Waals surface area contributed by atoms with E-state index in [1.54, 1.807) is 6.08 Å². The first kappa shape index (κ1) is 14.7. The molecule has 0 aliphatic carbocycles. The second-order valence-electron chi connectivity index (χ2n) is 4.86. The summed E-state index contributed by atoms with van der Waals surface area (Å²) in [6.45, 7) is 9.65. The summed E-state index contributed by atoms with van der Waals surface area (Å²) in [5.41, 5.74) is 1.06. The van der Waals surface area contributed by atoms with Crippen molar-refractivity contribution in [2.45, 2.75) is 39.5 Å². The third-order valence-corrected chi connectivity index (χ3v) is 3.30. The Bertz CT molecular complexity index is 335. The number of hydrogen-bond donors (Lipinski definition) is 0. The van der Waals surface area contributed by atoms with Gasteiger partial charge in [-0.1, -0.05) is 43.4 Å². The van der Waals surface area contributed by atoms with Gasteiger partial charge in [0, 0.05) is 13.1 Å². The van der Waals surface area contributed by atoms with E-state index in [0.29, 0.717) is 0 Å². The quantitative estimate of drug-likeness (QED) is 0.535. The number of nitrogens with zero attached hydrogens (tertiary/aromatic N) is 1. The van der Waals surface area contributed by atoms with Gasteiger partial charge in [-0.3, -0.25) is 4.79 Å². The molecular weight excluding hydrogens is 222 g/mol. The van der Waals surface area contributed by atoms with Gasteiger partial charge in [0.2, 0.25) is 5.91 Å². The van der Waals surface area contributed by atoms with Crippen LogP contribution in [-0.4, -0.2) is 23.9 Å². The number of allylic oxidation sites excluding steroid dienone is 3. The maximum absolute atomic E-state index is 12.5. The third kappa shape index (κ3) is 4.52. The van der Waals surface area contributed by atoms with Gasteiger partial charge in [0.05, 0.1) is 5.92 Å². The number of hydrogen-bond acceptors (Lipinski definition) is 1. The predicted molar refractivity (Wildman–Crippen MR) is 77.3 cm³/mol. The molecule has 1 rings (SSSR count). The van der Waals surface area contributed by atoms with E-state index < -0.39 is 0 Å². The molecule has 1 atom stereocenters. The molecule has 1 amide bonds. The molecule has 0 spiro atoms. The van der Waals surface area contributed by atoms with Crippen LogP contribution in [-0.2, 0) is 4.79 Å². The molecule has 1 aliphatic heterocycles. The average Bonchev–Trinajstić information content (AvgIpc) is 2.43. The number of carbonyl (C=O) groups excluding carboxylic acids is 1. The van der Waals surface area contributed by atoms with Crippen LogP contribution in [0, 0.1) is 5.92 Å². The van der Waals surface area contributed by atoms with Crippen molar-refractivity contribution < 1.29 is 4.79 Å². The summed E-state index contributed by atoms with van der Waals surface area (Å²) in [5.74, 6) is 0.113. The molecule has 2 nitrogen and oxygen atoms in total. The van der Waals surface area contributed by atoms with Crippen LogP contribution in [0.4, 0.5) is 0 Å². The second kappa shape index (κ2) is 7.91. The summed E-state index contributed by atoms with van der Waals surface area (Å²) < 4.78 is 0. The lowest BCUT2D eigenvalue weighted by atomic mass is 10.0. The smallest absolute Gasteiger partial charge is 0.233 e. The molecule has 1 fully saturated rings. The van der Waals surface area contributed by atoms with Crippen LogP contribution < -0.4 is 0 Å². The minimum Gasteiger partial charge on any atom is -0.342 e. The molecule has 2 heteroatoms. The third-order valence-electron chi connectivity index (χ3n) is 3.30. The van der Waals surface area contributed by atoms with Gasteiger partial charge in [0.15, 0.2) is 0 Å². The van der Waals surface area contributed by atoms with Crippen molar-refractivity contribution in [1.29, 1.82) is 0 Å². The highest BCUT2D eigenvalue weighted by Gasteiger charge is 2.21. The van der Waals surface area contributed by atoms with Crippen LogP contribution in [0.3, 0.4) is 0 Å². The highest BCUT2D eigenvalue weighted by atomic mass is 16.2. The van der Waals surface area contributed by atoms with E-state index in [0.717, 1.165) is 37.9 Å². The molecule has 0 aromatic heterocycles. The first-order valence-corrected chi connectivity index (χ1v) is 6.95.